The summed E-state index contributed by atoms with van der Waals surface area (Å²) in [6.45, 7) is 10.6. The van der Waals surface area contributed by atoms with Crippen LogP contribution in [0.25, 0.3) is 11.3 Å². The average Bonchev–Trinajstić information content (AvgIpc) is 2.87. The minimum absolute atomic E-state index is 0.0493. The van der Waals surface area contributed by atoms with E-state index in [4.69, 9.17) is 10.4 Å². The molecular formula is C31H43N7O2. The molecule has 40 heavy (non-hydrogen) atoms. The smallest absolute Gasteiger partial charge is 0.253 e. The molecule has 0 bridgehead atoms. The van der Waals surface area contributed by atoms with Gasteiger partial charge >= 0.3 is 0 Å². The molecule has 0 aliphatic rings. The molecule has 3 aromatic rings. The van der Waals surface area contributed by atoms with E-state index >= 15 is 0 Å². The van der Waals surface area contributed by atoms with Crippen LogP contribution in [0.2, 0.25) is 0 Å². The van der Waals surface area contributed by atoms with Crippen molar-refractivity contribution < 1.29 is 4.79 Å². The molecule has 4 N–H and O–H groups in total. The van der Waals surface area contributed by atoms with Gasteiger partial charge in [0.05, 0.1) is 11.3 Å². The number of H-pyrrole nitrogens is 1. The second-order valence-electron chi connectivity index (χ2n) is 11.0. The summed E-state index contributed by atoms with van der Waals surface area (Å²) in [6, 6.07) is 11.9. The maximum absolute atomic E-state index is 13.5. The highest BCUT2D eigenvalue weighted by Crippen LogP contribution is 2.26. The molecule has 0 aliphatic carbocycles. The van der Waals surface area contributed by atoms with Gasteiger partial charge in [0.25, 0.3) is 11.5 Å². The molecule has 9 nitrogen and oxygen atoms in total. The highest BCUT2D eigenvalue weighted by Gasteiger charge is 2.19. The van der Waals surface area contributed by atoms with E-state index in [-0.39, 0.29) is 24.1 Å². The summed E-state index contributed by atoms with van der Waals surface area (Å²) in [7, 11) is 6.29. The second kappa shape index (κ2) is 14.0. The molecule has 3 rings (SSSR count). The first-order valence-corrected chi connectivity index (χ1v) is 13.7. The van der Waals surface area contributed by atoms with Crippen molar-refractivity contribution in [3.05, 3.63) is 80.3 Å². The van der Waals surface area contributed by atoms with Crippen molar-refractivity contribution in [3.63, 3.8) is 0 Å². The lowest BCUT2D eigenvalue weighted by molar-refractivity contribution is 0.0950. The van der Waals surface area contributed by atoms with Gasteiger partial charge in [-0.2, -0.15) is 0 Å². The van der Waals surface area contributed by atoms with Crippen LogP contribution >= 0.6 is 0 Å². The summed E-state index contributed by atoms with van der Waals surface area (Å²) in [4.78, 5) is 38.1. The highest BCUT2D eigenvalue weighted by atomic mass is 16.1. The van der Waals surface area contributed by atoms with Gasteiger partial charge < -0.3 is 30.8 Å². The van der Waals surface area contributed by atoms with Crippen LogP contribution in [0.1, 0.15) is 58.6 Å². The van der Waals surface area contributed by atoms with Crippen molar-refractivity contribution in [2.45, 2.75) is 53.2 Å². The molecule has 1 aromatic carbocycles. The van der Waals surface area contributed by atoms with Crippen molar-refractivity contribution in [1.29, 1.82) is 5.41 Å². The van der Waals surface area contributed by atoms with E-state index in [9.17, 15) is 9.59 Å². The summed E-state index contributed by atoms with van der Waals surface area (Å²) in [5.74, 6) is 0.105. The fourth-order valence-corrected chi connectivity index (χ4v) is 4.66. The monoisotopic (exact) mass is 545 g/mol. The predicted octanol–water partition coefficient (Wildman–Crippen LogP) is 4.19. The number of aromatic nitrogens is 2. The zero-order chi connectivity index (χ0) is 29.4. The molecule has 0 atom stereocenters. The zero-order valence-electron chi connectivity index (χ0n) is 24.8. The SMILES string of the molecule is Cc1cc(C)c(CNC(=O)c2cc(-c3cccc(CN(C)CCCN(C)C)c3)nc(NC(C)C)c2C=N)c(=O)[nH]1. The number of amides is 1. The van der Waals surface area contributed by atoms with E-state index in [0.717, 1.165) is 54.7 Å². The third-order valence-electron chi connectivity index (χ3n) is 6.61. The van der Waals surface area contributed by atoms with Crippen LogP contribution in [0.15, 0.2) is 41.2 Å². The molecule has 9 heteroatoms. The van der Waals surface area contributed by atoms with Crippen molar-refractivity contribution in [2.75, 3.05) is 39.5 Å². The molecular weight excluding hydrogens is 502 g/mol. The van der Waals surface area contributed by atoms with E-state index in [1.807, 2.05) is 45.9 Å². The number of nitrogens with zero attached hydrogens (tertiary/aromatic N) is 3. The summed E-state index contributed by atoms with van der Waals surface area (Å²) < 4.78 is 0. The van der Waals surface area contributed by atoms with Gasteiger partial charge in [-0.05, 0) is 97.7 Å². The normalized spacial score (nSPS) is 11.3. The van der Waals surface area contributed by atoms with E-state index < -0.39 is 0 Å². The fourth-order valence-electron chi connectivity index (χ4n) is 4.66. The number of hydrogen-bond acceptors (Lipinski definition) is 7. The standard InChI is InChI=1S/C31H43N7O2/c1-20(2)34-29-26(17-32)25(30(39)33-18-27-21(3)14-22(4)35-31(27)40)16-28(36-29)24-11-8-10-23(15-24)19-38(7)13-9-12-37(5)6/h8,10-11,14-17,20,32H,9,12-13,18-19H2,1-7H3,(H,33,39)(H,34,36)(H,35,40). The number of benzene rings is 1. The summed E-state index contributed by atoms with van der Waals surface area (Å²) in [6.07, 6.45) is 2.24. The number of carbonyl (C=O) groups excluding carboxylic acids is 1. The Labute approximate surface area is 237 Å². The van der Waals surface area contributed by atoms with Crippen LogP contribution < -0.4 is 16.2 Å². The molecule has 0 aliphatic heterocycles. The van der Waals surface area contributed by atoms with E-state index in [1.165, 1.54) is 0 Å². The van der Waals surface area contributed by atoms with Gasteiger partial charge in [0.2, 0.25) is 0 Å². The molecule has 0 radical (unpaired) electrons. The summed E-state index contributed by atoms with van der Waals surface area (Å²) >= 11 is 0. The van der Waals surface area contributed by atoms with Crippen LogP contribution in [-0.2, 0) is 13.1 Å². The third kappa shape index (κ3) is 8.34. The number of aromatic amines is 1. The first-order chi connectivity index (χ1) is 19.0. The number of anilines is 1. The molecule has 2 heterocycles. The van der Waals surface area contributed by atoms with Crippen LogP contribution in [-0.4, -0.2) is 72.2 Å². The molecule has 0 unspecified atom stereocenters. The molecule has 0 spiro atoms. The minimum Gasteiger partial charge on any atom is -0.367 e. The van der Waals surface area contributed by atoms with Gasteiger partial charge in [-0.25, -0.2) is 4.98 Å². The van der Waals surface area contributed by atoms with Gasteiger partial charge in [0.15, 0.2) is 0 Å². The maximum atomic E-state index is 13.5. The van der Waals surface area contributed by atoms with Crippen LogP contribution in [0.5, 0.6) is 0 Å². The lowest BCUT2D eigenvalue weighted by Gasteiger charge is -2.19. The van der Waals surface area contributed by atoms with Gasteiger partial charge in [-0.1, -0.05) is 18.2 Å². The Morgan fingerprint density at radius 2 is 1.88 bits per heavy atom. The first kappa shape index (κ1) is 30.7. The Bertz CT molecular complexity index is 1390. The molecule has 214 valence electrons. The Kier molecular flexibility index (Phi) is 10.8. The van der Waals surface area contributed by atoms with E-state index in [0.29, 0.717) is 28.2 Å². The number of rotatable bonds is 13. The number of aryl methyl sites for hydroxylation is 2. The average molecular weight is 546 g/mol. The van der Waals surface area contributed by atoms with Gasteiger partial charge in [-0.3, -0.25) is 9.59 Å². The summed E-state index contributed by atoms with van der Waals surface area (Å²) in [5, 5.41) is 14.3. The maximum Gasteiger partial charge on any atom is 0.253 e. The Morgan fingerprint density at radius 1 is 1.12 bits per heavy atom. The van der Waals surface area contributed by atoms with Gasteiger partial charge in [0, 0.05) is 47.7 Å². The van der Waals surface area contributed by atoms with Crippen molar-refractivity contribution in [3.8, 4) is 11.3 Å². The second-order valence-corrected chi connectivity index (χ2v) is 11.0. The number of carbonyl (C=O) groups is 1. The van der Waals surface area contributed by atoms with Crippen LogP contribution in [0.3, 0.4) is 0 Å². The van der Waals surface area contributed by atoms with E-state index in [1.54, 1.807) is 6.07 Å². The molecule has 0 saturated carbocycles. The van der Waals surface area contributed by atoms with Crippen LogP contribution in [0, 0.1) is 19.3 Å². The molecule has 0 saturated heterocycles. The van der Waals surface area contributed by atoms with Gasteiger partial charge in [0.1, 0.15) is 5.82 Å². The zero-order valence-corrected chi connectivity index (χ0v) is 24.8. The Hall–Kier alpha value is -3.82. The largest absolute Gasteiger partial charge is 0.367 e. The predicted molar refractivity (Wildman–Crippen MR) is 164 cm³/mol. The molecule has 1 amide bonds. The molecule has 0 fully saturated rings. The first-order valence-electron chi connectivity index (χ1n) is 13.7. The Balaban J connectivity index is 1.93. The minimum atomic E-state index is -0.370. The third-order valence-corrected chi connectivity index (χ3v) is 6.61. The van der Waals surface area contributed by atoms with Crippen molar-refractivity contribution in [1.82, 2.24) is 25.1 Å². The quantitative estimate of drug-likeness (QED) is 0.239. The number of nitrogens with one attached hydrogen (secondary N) is 4. The Morgan fingerprint density at radius 3 is 2.52 bits per heavy atom. The summed E-state index contributed by atoms with van der Waals surface area (Å²) in [5.41, 5.74) is 5.29. The fraction of sp³-hybridized carbons (Fsp3) is 0.419. The van der Waals surface area contributed by atoms with Crippen molar-refractivity contribution >= 4 is 17.9 Å². The lowest BCUT2D eigenvalue weighted by Crippen LogP contribution is -2.29. The van der Waals surface area contributed by atoms with Gasteiger partial charge in [-0.15, -0.1) is 0 Å². The molecule has 2 aromatic heterocycles. The highest BCUT2D eigenvalue weighted by molar-refractivity contribution is 6.05. The van der Waals surface area contributed by atoms with Crippen LogP contribution in [0.4, 0.5) is 5.82 Å². The van der Waals surface area contributed by atoms with Crippen molar-refractivity contribution in [2.24, 2.45) is 0 Å². The lowest BCUT2D eigenvalue weighted by atomic mass is 10.0. The van der Waals surface area contributed by atoms with E-state index in [2.05, 4.69) is 58.7 Å². The number of hydrogen-bond donors (Lipinski definition) is 4. The topological polar surface area (TPSA) is 117 Å². The number of pyridine rings is 2.